The Bertz CT molecular complexity index is 483. The molecular weight excluding hydrogens is 264 g/mol. The fourth-order valence-corrected chi connectivity index (χ4v) is 1.77. The van der Waals surface area contributed by atoms with Gasteiger partial charge in [0.05, 0.1) is 19.7 Å². The van der Waals surface area contributed by atoms with E-state index in [-0.39, 0.29) is 18.5 Å². The molecule has 1 amide bonds. The SMILES string of the molecule is C#CCNC(=O)C(C)NCc1c(Cl)cccc1OC. The van der Waals surface area contributed by atoms with Crippen molar-refractivity contribution in [2.75, 3.05) is 13.7 Å². The summed E-state index contributed by atoms with van der Waals surface area (Å²) >= 11 is 6.11. The van der Waals surface area contributed by atoms with Crippen LogP contribution in [-0.2, 0) is 11.3 Å². The Balaban J connectivity index is 2.62. The molecule has 0 radical (unpaired) electrons. The first kappa shape index (κ1) is 15.4. The number of terminal acetylenes is 1. The van der Waals surface area contributed by atoms with Crippen LogP contribution in [0.3, 0.4) is 0 Å². The summed E-state index contributed by atoms with van der Waals surface area (Å²) in [5.74, 6) is 2.90. The predicted octanol–water partition coefficient (Wildman–Crippen LogP) is 1.58. The van der Waals surface area contributed by atoms with Gasteiger partial charge >= 0.3 is 0 Å². The molecule has 0 saturated heterocycles. The van der Waals surface area contributed by atoms with Crippen molar-refractivity contribution in [1.29, 1.82) is 0 Å². The first-order valence-electron chi connectivity index (χ1n) is 5.86. The van der Waals surface area contributed by atoms with Crippen molar-refractivity contribution in [3.05, 3.63) is 28.8 Å². The molecule has 1 aromatic rings. The first-order chi connectivity index (χ1) is 9.10. The molecule has 19 heavy (non-hydrogen) atoms. The highest BCUT2D eigenvalue weighted by Gasteiger charge is 2.13. The second kappa shape index (κ2) is 7.67. The second-order valence-electron chi connectivity index (χ2n) is 3.95. The summed E-state index contributed by atoms with van der Waals surface area (Å²) in [6.45, 7) is 2.42. The molecule has 0 aliphatic carbocycles. The zero-order valence-corrected chi connectivity index (χ0v) is 11.8. The van der Waals surface area contributed by atoms with Crippen molar-refractivity contribution < 1.29 is 9.53 Å². The van der Waals surface area contributed by atoms with Gasteiger partial charge < -0.3 is 15.4 Å². The Morgan fingerprint density at radius 3 is 2.95 bits per heavy atom. The first-order valence-corrected chi connectivity index (χ1v) is 6.24. The molecule has 0 saturated carbocycles. The summed E-state index contributed by atoms with van der Waals surface area (Å²) < 4.78 is 5.23. The van der Waals surface area contributed by atoms with Crippen molar-refractivity contribution in [3.8, 4) is 18.1 Å². The monoisotopic (exact) mass is 280 g/mol. The van der Waals surface area contributed by atoms with E-state index in [1.165, 1.54) is 0 Å². The molecule has 102 valence electrons. The number of ether oxygens (including phenoxy) is 1. The van der Waals surface area contributed by atoms with E-state index in [1.807, 2.05) is 12.1 Å². The van der Waals surface area contributed by atoms with Gasteiger partial charge in [0.15, 0.2) is 0 Å². The van der Waals surface area contributed by atoms with E-state index in [9.17, 15) is 4.79 Å². The molecule has 1 atom stereocenters. The van der Waals surface area contributed by atoms with Crippen LogP contribution in [0.5, 0.6) is 5.75 Å². The maximum absolute atomic E-state index is 11.6. The highest BCUT2D eigenvalue weighted by atomic mass is 35.5. The van der Waals surface area contributed by atoms with Gasteiger partial charge in [-0.3, -0.25) is 4.79 Å². The summed E-state index contributed by atoms with van der Waals surface area (Å²) in [5, 5.41) is 6.29. The third-order valence-electron chi connectivity index (χ3n) is 2.64. The number of amides is 1. The Labute approximate surface area is 118 Å². The minimum Gasteiger partial charge on any atom is -0.496 e. The van der Waals surface area contributed by atoms with E-state index in [1.54, 1.807) is 20.1 Å². The van der Waals surface area contributed by atoms with Crippen molar-refractivity contribution in [2.45, 2.75) is 19.5 Å². The van der Waals surface area contributed by atoms with E-state index in [0.29, 0.717) is 17.3 Å². The third kappa shape index (κ3) is 4.47. The quantitative estimate of drug-likeness (QED) is 0.778. The zero-order valence-electron chi connectivity index (χ0n) is 11.0. The van der Waals surface area contributed by atoms with Crippen molar-refractivity contribution in [3.63, 3.8) is 0 Å². The van der Waals surface area contributed by atoms with Gasteiger partial charge in [-0.1, -0.05) is 23.6 Å². The van der Waals surface area contributed by atoms with Gasteiger partial charge in [0.1, 0.15) is 5.75 Å². The lowest BCUT2D eigenvalue weighted by Gasteiger charge is -2.15. The Hall–Kier alpha value is -1.70. The molecule has 2 N–H and O–H groups in total. The lowest BCUT2D eigenvalue weighted by atomic mass is 10.2. The van der Waals surface area contributed by atoms with Gasteiger partial charge in [-0.15, -0.1) is 6.42 Å². The molecule has 0 heterocycles. The summed E-state index contributed by atoms with van der Waals surface area (Å²) in [7, 11) is 1.58. The maximum Gasteiger partial charge on any atom is 0.237 e. The molecule has 0 fully saturated rings. The van der Waals surface area contributed by atoms with Crippen LogP contribution in [0.25, 0.3) is 0 Å². The van der Waals surface area contributed by atoms with Gasteiger partial charge in [0.25, 0.3) is 0 Å². The summed E-state index contributed by atoms with van der Waals surface area (Å²) in [5.41, 5.74) is 0.822. The highest BCUT2D eigenvalue weighted by Crippen LogP contribution is 2.25. The zero-order chi connectivity index (χ0) is 14.3. The molecule has 0 spiro atoms. The van der Waals surface area contributed by atoms with Crippen LogP contribution in [0.4, 0.5) is 0 Å². The Morgan fingerprint density at radius 2 is 2.32 bits per heavy atom. The molecule has 1 unspecified atom stereocenters. The highest BCUT2D eigenvalue weighted by molar-refractivity contribution is 6.31. The number of benzene rings is 1. The van der Waals surface area contributed by atoms with Crippen LogP contribution in [0.1, 0.15) is 12.5 Å². The smallest absolute Gasteiger partial charge is 0.237 e. The number of carbonyl (C=O) groups excluding carboxylic acids is 1. The third-order valence-corrected chi connectivity index (χ3v) is 2.99. The number of hydrogen-bond acceptors (Lipinski definition) is 3. The van der Waals surface area contributed by atoms with Crippen LogP contribution >= 0.6 is 11.6 Å². The largest absolute Gasteiger partial charge is 0.496 e. The second-order valence-corrected chi connectivity index (χ2v) is 4.35. The van der Waals surface area contributed by atoms with Crippen LogP contribution < -0.4 is 15.4 Å². The van der Waals surface area contributed by atoms with Crippen molar-refractivity contribution in [2.24, 2.45) is 0 Å². The van der Waals surface area contributed by atoms with Crippen LogP contribution in [0.15, 0.2) is 18.2 Å². The predicted molar refractivity (Wildman–Crippen MR) is 76.1 cm³/mol. The lowest BCUT2D eigenvalue weighted by Crippen LogP contribution is -2.42. The summed E-state index contributed by atoms with van der Waals surface area (Å²) in [4.78, 5) is 11.6. The van der Waals surface area contributed by atoms with Gasteiger partial charge in [-0.05, 0) is 19.1 Å². The number of halogens is 1. The normalized spacial score (nSPS) is 11.5. The van der Waals surface area contributed by atoms with Crippen LogP contribution in [0.2, 0.25) is 5.02 Å². The van der Waals surface area contributed by atoms with E-state index in [0.717, 1.165) is 5.56 Å². The minimum atomic E-state index is -0.366. The van der Waals surface area contributed by atoms with Crippen LogP contribution in [0, 0.1) is 12.3 Å². The fourth-order valence-electron chi connectivity index (χ4n) is 1.54. The molecule has 0 aliphatic heterocycles. The average Bonchev–Trinajstić information content (AvgIpc) is 2.42. The molecule has 0 aliphatic rings. The van der Waals surface area contributed by atoms with Crippen molar-refractivity contribution in [1.82, 2.24) is 10.6 Å². The number of carbonyl (C=O) groups is 1. The number of nitrogens with one attached hydrogen (secondary N) is 2. The van der Waals surface area contributed by atoms with Crippen molar-refractivity contribution >= 4 is 17.5 Å². The van der Waals surface area contributed by atoms with E-state index in [2.05, 4.69) is 16.6 Å². The van der Waals surface area contributed by atoms with E-state index >= 15 is 0 Å². The number of hydrogen-bond donors (Lipinski definition) is 2. The molecule has 1 aromatic carbocycles. The summed E-state index contributed by atoms with van der Waals surface area (Å²) in [6.07, 6.45) is 5.08. The molecule has 4 nitrogen and oxygen atoms in total. The minimum absolute atomic E-state index is 0.149. The molecule has 5 heteroatoms. The number of methoxy groups -OCH3 is 1. The molecule has 0 bridgehead atoms. The fraction of sp³-hybridized carbons (Fsp3) is 0.357. The average molecular weight is 281 g/mol. The Morgan fingerprint density at radius 1 is 1.58 bits per heavy atom. The Kier molecular flexibility index (Phi) is 6.20. The number of rotatable bonds is 6. The van der Waals surface area contributed by atoms with Crippen LogP contribution in [-0.4, -0.2) is 25.6 Å². The lowest BCUT2D eigenvalue weighted by molar-refractivity contribution is -0.122. The van der Waals surface area contributed by atoms with Gasteiger partial charge in [-0.25, -0.2) is 0 Å². The van der Waals surface area contributed by atoms with Gasteiger partial charge in [0, 0.05) is 17.1 Å². The van der Waals surface area contributed by atoms with Gasteiger partial charge in [-0.2, -0.15) is 0 Å². The molecule has 0 aromatic heterocycles. The van der Waals surface area contributed by atoms with Gasteiger partial charge in [0.2, 0.25) is 5.91 Å². The molecular formula is C14H17ClN2O2. The van der Waals surface area contributed by atoms with E-state index in [4.69, 9.17) is 22.8 Å². The molecule has 1 rings (SSSR count). The summed E-state index contributed by atoms with van der Waals surface area (Å²) in [6, 6.07) is 5.05. The van der Waals surface area contributed by atoms with E-state index < -0.39 is 0 Å². The maximum atomic E-state index is 11.6. The topological polar surface area (TPSA) is 50.4 Å². The standard InChI is InChI=1S/C14H17ClN2O2/c1-4-8-16-14(18)10(2)17-9-11-12(15)6-5-7-13(11)19-3/h1,5-7,10,17H,8-9H2,2-3H3,(H,16,18).